The molecule has 3 unspecified atom stereocenters. The molecule has 0 amide bonds. The van der Waals surface area contributed by atoms with Crippen LogP contribution in [0, 0.1) is 0 Å². The van der Waals surface area contributed by atoms with Gasteiger partial charge >= 0.3 is 0 Å². The van der Waals surface area contributed by atoms with Crippen molar-refractivity contribution in [2.45, 2.75) is 49.9 Å². The number of nitrogens with two attached hydrogens (primary N) is 2. The third-order valence-corrected chi connectivity index (χ3v) is 8.43. The molecule has 0 saturated heterocycles. The average Bonchev–Trinajstić information content (AvgIpc) is 2.83. The van der Waals surface area contributed by atoms with Gasteiger partial charge in [0.15, 0.2) is 0 Å². The van der Waals surface area contributed by atoms with Crippen LogP contribution in [0.15, 0.2) is 72.8 Å². The van der Waals surface area contributed by atoms with Gasteiger partial charge in [-0.2, -0.15) is 0 Å². The molecule has 0 aliphatic heterocycles. The van der Waals surface area contributed by atoms with E-state index < -0.39 is 26.8 Å². The minimum atomic E-state index is -4.51. The highest BCUT2D eigenvalue weighted by molar-refractivity contribution is 7.90. The summed E-state index contributed by atoms with van der Waals surface area (Å²) in [6.45, 7) is 3.77. The van der Waals surface area contributed by atoms with E-state index in [1.165, 1.54) is 17.7 Å². The monoisotopic (exact) mass is 482 g/mol. The summed E-state index contributed by atoms with van der Waals surface area (Å²) in [5, 5.41) is 28.1. The lowest BCUT2D eigenvalue weighted by Gasteiger charge is -2.43. The van der Waals surface area contributed by atoms with E-state index >= 15 is 0 Å². The lowest BCUT2D eigenvalue weighted by Crippen LogP contribution is -2.57. The highest BCUT2D eigenvalue weighted by atomic mass is 32.2. The Balaban J connectivity index is 2.42. The van der Waals surface area contributed by atoms with E-state index in [9.17, 15) is 18.6 Å². The number of rotatable bonds is 10. The van der Waals surface area contributed by atoms with Gasteiger partial charge < -0.3 is 15.9 Å². The van der Waals surface area contributed by atoms with Gasteiger partial charge in [0.25, 0.3) is 0 Å². The Morgan fingerprint density at radius 3 is 2.09 bits per heavy atom. The summed E-state index contributed by atoms with van der Waals surface area (Å²) in [5.41, 5.74) is 9.79. The molecule has 3 atom stereocenters. The SMILES string of the molecule is CCc1ccc(C(Cc2ccccc2)C(c2ccccc2O)(C(O)CN)S(N)(=O)=O)cc1CC. The Bertz CT molecular complexity index is 1210. The van der Waals surface area contributed by atoms with Crippen molar-refractivity contribution in [3.8, 4) is 5.75 Å². The van der Waals surface area contributed by atoms with E-state index in [-0.39, 0.29) is 24.3 Å². The summed E-state index contributed by atoms with van der Waals surface area (Å²) < 4.78 is 25.0. The molecule has 0 aromatic heterocycles. The maximum atomic E-state index is 13.5. The van der Waals surface area contributed by atoms with Crippen molar-refractivity contribution in [1.29, 1.82) is 0 Å². The maximum Gasteiger partial charge on any atom is 0.222 e. The normalized spacial score (nSPS) is 15.4. The average molecular weight is 483 g/mol. The number of aliphatic hydroxyl groups excluding tert-OH is 1. The van der Waals surface area contributed by atoms with Crippen molar-refractivity contribution in [1.82, 2.24) is 0 Å². The second-order valence-corrected chi connectivity index (χ2v) is 10.3. The summed E-state index contributed by atoms with van der Waals surface area (Å²) in [6, 6.07) is 21.5. The van der Waals surface area contributed by atoms with Crippen molar-refractivity contribution in [2.24, 2.45) is 10.9 Å². The van der Waals surface area contributed by atoms with E-state index in [2.05, 4.69) is 13.8 Å². The van der Waals surface area contributed by atoms with Crippen LogP contribution in [0.3, 0.4) is 0 Å². The lowest BCUT2D eigenvalue weighted by atomic mass is 9.73. The Morgan fingerprint density at radius 1 is 0.912 bits per heavy atom. The van der Waals surface area contributed by atoms with Crippen molar-refractivity contribution >= 4 is 10.0 Å². The van der Waals surface area contributed by atoms with E-state index in [0.29, 0.717) is 5.56 Å². The van der Waals surface area contributed by atoms with E-state index in [0.717, 1.165) is 24.0 Å². The zero-order valence-electron chi connectivity index (χ0n) is 19.7. The fourth-order valence-electron chi connectivity index (χ4n) is 5.02. The van der Waals surface area contributed by atoms with E-state index in [1.807, 2.05) is 48.5 Å². The van der Waals surface area contributed by atoms with Gasteiger partial charge in [-0.05, 0) is 47.6 Å². The molecule has 6 N–H and O–H groups in total. The van der Waals surface area contributed by atoms with Crippen LogP contribution in [-0.2, 0) is 34.0 Å². The van der Waals surface area contributed by atoms with Crippen LogP contribution in [0.2, 0.25) is 0 Å². The molecule has 0 spiro atoms. The van der Waals surface area contributed by atoms with Gasteiger partial charge in [0.05, 0.1) is 6.10 Å². The highest BCUT2D eigenvalue weighted by Gasteiger charge is 2.56. The molecule has 0 heterocycles. The number of phenols is 1. The number of primary sulfonamides is 1. The molecular weight excluding hydrogens is 448 g/mol. The molecule has 0 aliphatic rings. The largest absolute Gasteiger partial charge is 0.508 e. The number of sulfonamides is 1. The first-order valence-electron chi connectivity index (χ1n) is 11.5. The second kappa shape index (κ2) is 10.7. The predicted octanol–water partition coefficient (Wildman–Crippen LogP) is 3.35. The molecule has 0 fully saturated rings. The molecule has 0 saturated carbocycles. The lowest BCUT2D eigenvalue weighted by molar-refractivity contribution is 0.112. The molecule has 0 radical (unpaired) electrons. The van der Waals surface area contributed by atoms with Crippen LogP contribution in [0.25, 0.3) is 0 Å². The summed E-state index contributed by atoms with van der Waals surface area (Å²) in [5.74, 6) is -1.09. The number of aromatic hydroxyl groups is 1. The van der Waals surface area contributed by atoms with Crippen LogP contribution < -0.4 is 10.9 Å². The molecule has 7 heteroatoms. The Morgan fingerprint density at radius 2 is 1.53 bits per heavy atom. The highest BCUT2D eigenvalue weighted by Crippen LogP contribution is 2.49. The fourth-order valence-corrected chi connectivity index (χ4v) is 6.59. The van der Waals surface area contributed by atoms with Gasteiger partial charge in [-0.25, -0.2) is 13.6 Å². The molecule has 0 bridgehead atoms. The predicted molar refractivity (Wildman–Crippen MR) is 136 cm³/mol. The zero-order valence-corrected chi connectivity index (χ0v) is 20.5. The van der Waals surface area contributed by atoms with Gasteiger partial charge in [0.2, 0.25) is 10.0 Å². The van der Waals surface area contributed by atoms with Gasteiger partial charge in [-0.15, -0.1) is 0 Å². The van der Waals surface area contributed by atoms with Gasteiger partial charge in [-0.1, -0.05) is 80.6 Å². The third kappa shape index (κ3) is 4.74. The van der Waals surface area contributed by atoms with Crippen LogP contribution in [0.1, 0.15) is 47.6 Å². The quantitative estimate of drug-likeness (QED) is 0.352. The molecule has 6 nitrogen and oxygen atoms in total. The molecule has 3 aromatic rings. The zero-order chi connectivity index (χ0) is 24.9. The Kier molecular flexibility index (Phi) is 8.15. The van der Waals surface area contributed by atoms with Crippen LogP contribution in [0.4, 0.5) is 0 Å². The van der Waals surface area contributed by atoms with Crippen molar-refractivity contribution in [3.63, 3.8) is 0 Å². The fraction of sp³-hybridized carbons (Fsp3) is 0.333. The Labute approximate surface area is 202 Å². The molecule has 0 aliphatic carbocycles. The van der Waals surface area contributed by atoms with Crippen molar-refractivity contribution in [3.05, 3.63) is 101 Å². The summed E-state index contributed by atoms with van der Waals surface area (Å²) >= 11 is 0. The number of phenolic OH excluding ortho intramolecular Hbond substituents is 1. The first-order chi connectivity index (χ1) is 16.2. The maximum absolute atomic E-state index is 13.5. The molecular formula is C27H34N2O4S. The summed E-state index contributed by atoms with van der Waals surface area (Å²) in [4.78, 5) is 0. The Hall–Kier alpha value is -2.71. The summed E-state index contributed by atoms with van der Waals surface area (Å²) in [7, 11) is -4.51. The van der Waals surface area contributed by atoms with Gasteiger partial charge in [0, 0.05) is 18.0 Å². The van der Waals surface area contributed by atoms with Gasteiger partial charge in [-0.3, -0.25) is 0 Å². The summed E-state index contributed by atoms with van der Waals surface area (Å²) in [6.07, 6.45) is 0.309. The topological polar surface area (TPSA) is 127 Å². The minimum Gasteiger partial charge on any atom is -0.508 e. The smallest absolute Gasteiger partial charge is 0.222 e. The number of benzene rings is 3. The second-order valence-electron chi connectivity index (χ2n) is 8.58. The van der Waals surface area contributed by atoms with Crippen LogP contribution >= 0.6 is 0 Å². The molecule has 182 valence electrons. The van der Waals surface area contributed by atoms with Crippen molar-refractivity contribution < 1.29 is 18.6 Å². The van der Waals surface area contributed by atoms with Crippen LogP contribution in [-0.4, -0.2) is 31.3 Å². The van der Waals surface area contributed by atoms with Crippen LogP contribution in [0.5, 0.6) is 5.75 Å². The number of aliphatic hydroxyl groups is 1. The number of aryl methyl sites for hydroxylation is 2. The van der Waals surface area contributed by atoms with E-state index in [1.54, 1.807) is 12.1 Å². The number of hydrogen-bond donors (Lipinski definition) is 4. The number of para-hydroxylation sites is 1. The van der Waals surface area contributed by atoms with Gasteiger partial charge in [0.1, 0.15) is 10.5 Å². The molecule has 3 rings (SSSR count). The first kappa shape index (κ1) is 25.9. The molecule has 34 heavy (non-hydrogen) atoms. The van der Waals surface area contributed by atoms with E-state index in [4.69, 9.17) is 10.9 Å². The number of hydrogen-bond acceptors (Lipinski definition) is 5. The standard InChI is InChI=1S/C27H34N2O4S/c1-3-20-14-15-22(17-21(20)4-2)24(16-19-10-6-5-7-11-19)27(26(31)18-28,34(29,32)33)23-12-8-9-13-25(23)30/h5-15,17,24,26,30-31H,3-4,16,18,28H2,1-2H3,(H2,29,32,33). The molecule has 3 aromatic carbocycles. The van der Waals surface area contributed by atoms with Crippen molar-refractivity contribution in [2.75, 3.05) is 6.54 Å². The first-order valence-corrected chi connectivity index (χ1v) is 13.1. The minimum absolute atomic E-state index is 0.0361. The third-order valence-electron chi connectivity index (χ3n) is 6.71.